The van der Waals surface area contributed by atoms with Crippen LogP contribution in [0, 0.1) is 11.3 Å². The van der Waals surface area contributed by atoms with E-state index < -0.39 is 11.9 Å². The Morgan fingerprint density at radius 3 is 2.55 bits per heavy atom. The molecule has 1 saturated heterocycles. The highest BCUT2D eigenvalue weighted by Crippen LogP contribution is 2.28. The van der Waals surface area contributed by atoms with Crippen LogP contribution < -0.4 is 0 Å². The molecule has 1 unspecified atom stereocenters. The molecule has 1 aliphatic heterocycles. The fourth-order valence-electron chi connectivity index (χ4n) is 1.06. The lowest BCUT2D eigenvalue weighted by Crippen LogP contribution is -2.22. The standard InChI is InChI=1S/C7H10ClNO2/c1-7(2)10-5(3-8)6(4-9)11-7/h5-6H,3H2,1-2H3/t5-,6?/m1/s1. The Hall–Kier alpha value is -0.300. The second-order valence-electron chi connectivity index (χ2n) is 2.88. The van der Waals surface area contributed by atoms with Crippen molar-refractivity contribution in [1.29, 1.82) is 5.26 Å². The number of rotatable bonds is 1. The first-order valence-corrected chi connectivity index (χ1v) is 3.94. The molecule has 62 valence electrons. The highest BCUT2D eigenvalue weighted by molar-refractivity contribution is 6.18. The van der Waals surface area contributed by atoms with Crippen molar-refractivity contribution in [1.82, 2.24) is 0 Å². The first-order chi connectivity index (χ1) is 5.09. The largest absolute Gasteiger partial charge is 0.342 e. The van der Waals surface area contributed by atoms with Gasteiger partial charge in [0.05, 0.1) is 11.9 Å². The molecule has 4 heteroatoms. The van der Waals surface area contributed by atoms with E-state index in [4.69, 9.17) is 26.3 Å². The molecule has 2 atom stereocenters. The van der Waals surface area contributed by atoms with Crippen LogP contribution >= 0.6 is 11.6 Å². The van der Waals surface area contributed by atoms with Gasteiger partial charge in [0.15, 0.2) is 11.9 Å². The van der Waals surface area contributed by atoms with Gasteiger partial charge in [0.1, 0.15) is 6.10 Å². The van der Waals surface area contributed by atoms with Gasteiger partial charge >= 0.3 is 0 Å². The van der Waals surface area contributed by atoms with Gasteiger partial charge in [-0.15, -0.1) is 11.6 Å². The van der Waals surface area contributed by atoms with Crippen LogP contribution in [0.2, 0.25) is 0 Å². The number of nitriles is 1. The molecular weight excluding hydrogens is 166 g/mol. The summed E-state index contributed by atoms with van der Waals surface area (Å²) in [6.07, 6.45) is -0.820. The Morgan fingerprint density at radius 1 is 1.55 bits per heavy atom. The fraction of sp³-hybridized carbons (Fsp3) is 0.857. The molecule has 1 rings (SSSR count). The molecule has 1 heterocycles. The number of nitrogens with zero attached hydrogens (tertiary/aromatic N) is 1. The van der Waals surface area contributed by atoms with Crippen molar-refractivity contribution in [3.05, 3.63) is 0 Å². The van der Waals surface area contributed by atoms with Crippen LogP contribution in [0.15, 0.2) is 0 Å². The third kappa shape index (κ3) is 1.84. The average Bonchev–Trinajstić information content (AvgIpc) is 2.25. The molecule has 0 aliphatic carbocycles. The van der Waals surface area contributed by atoms with E-state index in [1.54, 1.807) is 13.8 Å². The molecular formula is C7H10ClNO2. The smallest absolute Gasteiger partial charge is 0.174 e. The van der Waals surface area contributed by atoms with Crippen LogP contribution in [0.4, 0.5) is 0 Å². The Kier molecular flexibility index (Phi) is 2.38. The maximum absolute atomic E-state index is 8.59. The summed E-state index contributed by atoms with van der Waals surface area (Å²) < 4.78 is 10.6. The van der Waals surface area contributed by atoms with Gasteiger partial charge in [-0.25, -0.2) is 0 Å². The third-order valence-electron chi connectivity index (χ3n) is 1.46. The van der Waals surface area contributed by atoms with Crippen LogP contribution in [0.25, 0.3) is 0 Å². The second kappa shape index (κ2) is 2.98. The number of hydrogen-bond donors (Lipinski definition) is 0. The SMILES string of the molecule is CC1(C)OC(C#N)[C@@H](CCl)O1. The van der Waals surface area contributed by atoms with Gasteiger partial charge < -0.3 is 9.47 Å². The van der Waals surface area contributed by atoms with Crippen LogP contribution in [-0.2, 0) is 9.47 Å². The first kappa shape index (κ1) is 8.79. The minimum Gasteiger partial charge on any atom is -0.342 e. The van der Waals surface area contributed by atoms with Crippen LogP contribution in [0.1, 0.15) is 13.8 Å². The molecule has 1 fully saturated rings. The minimum absolute atomic E-state index is 0.293. The zero-order chi connectivity index (χ0) is 8.48. The summed E-state index contributed by atoms with van der Waals surface area (Å²) in [4.78, 5) is 0. The summed E-state index contributed by atoms with van der Waals surface area (Å²) in [5.41, 5.74) is 0. The zero-order valence-electron chi connectivity index (χ0n) is 6.50. The highest BCUT2D eigenvalue weighted by Gasteiger charge is 2.40. The second-order valence-corrected chi connectivity index (χ2v) is 3.19. The molecule has 0 radical (unpaired) electrons. The zero-order valence-corrected chi connectivity index (χ0v) is 7.26. The maximum Gasteiger partial charge on any atom is 0.174 e. The van der Waals surface area contributed by atoms with Gasteiger partial charge in [-0.05, 0) is 13.8 Å². The number of hydrogen-bond acceptors (Lipinski definition) is 3. The first-order valence-electron chi connectivity index (χ1n) is 3.40. The molecule has 0 aromatic rings. The highest BCUT2D eigenvalue weighted by atomic mass is 35.5. The Balaban J connectivity index is 2.64. The van der Waals surface area contributed by atoms with E-state index in [0.717, 1.165) is 0 Å². The number of alkyl halides is 1. The Bertz CT molecular complexity index is 187. The van der Waals surface area contributed by atoms with E-state index in [9.17, 15) is 0 Å². The molecule has 11 heavy (non-hydrogen) atoms. The van der Waals surface area contributed by atoms with Crippen molar-refractivity contribution in [2.45, 2.75) is 31.8 Å². The lowest BCUT2D eigenvalue weighted by molar-refractivity contribution is -0.140. The fourth-order valence-corrected chi connectivity index (χ4v) is 1.28. The topological polar surface area (TPSA) is 42.2 Å². The van der Waals surface area contributed by atoms with Crippen molar-refractivity contribution in [2.75, 3.05) is 5.88 Å². The average molecular weight is 176 g/mol. The summed E-state index contributed by atoms with van der Waals surface area (Å²) >= 11 is 5.55. The van der Waals surface area contributed by atoms with Gasteiger partial charge in [-0.3, -0.25) is 0 Å². The molecule has 1 aliphatic rings. The Labute approximate surface area is 70.8 Å². The van der Waals surface area contributed by atoms with Gasteiger partial charge in [0.2, 0.25) is 0 Å². The van der Waals surface area contributed by atoms with Crippen molar-refractivity contribution in [3.8, 4) is 6.07 Å². The minimum atomic E-state index is -0.667. The van der Waals surface area contributed by atoms with E-state index in [1.807, 2.05) is 6.07 Å². The number of halogens is 1. The quantitative estimate of drug-likeness (QED) is 0.564. The lowest BCUT2D eigenvalue weighted by Gasteiger charge is -2.15. The van der Waals surface area contributed by atoms with Crippen LogP contribution in [0.3, 0.4) is 0 Å². The molecule has 0 spiro atoms. The van der Waals surface area contributed by atoms with E-state index >= 15 is 0 Å². The van der Waals surface area contributed by atoms with Crippen molar-refractivity contribution >= 4 is 11.6 Å². The van der Waals surface area contributed by atoms with Gasteiger partial charge in [0, 0.05) is 0 Å². The normalized spacial score (nSPS) is 35.1. The number of ether oxygens (including phenoxy) is 2. The molecule has 0 bridgehead atoms. The van der Waals surface area contributed by atoms with Crippen molar-refractivity contribution in [2.24, 2.45) is 0 Å². The van der Waals surface area contributed by atoms with Crippen molar-refractivity contribution in [3.63, 3.8) is 0 Å². The summed E-state index contributed by atoms with van der Waals surface area (Å²) in [6, 6.07) is 1.99. The Morgan fingerprint density at radius 2 is 2.18 bits per heavy atom. The summed E-state index contributed by atoms with van der Waals surface area (Å²) in [5, 5.41) is 8.59. The van der Waals surface area contributed by atoms with Crippen molar-refractivity contribution < 1.29 is 9.47 Å². The molecule has 0 aromatic carbocycles. The molecule has 3 nitrogen and oxygen atoms in total. The van der Waals surface area contributed by atoms with Gasteiger partial charge in [-0.1, -0.05) is 0 Å². The van der Waals surface area contributed by atoms with Crippen LogP contribution in [0.5, 0.6) is 0 Å². The predicted octanol–water partition coefficient (Wildman–Crippen LogP) is 1.27. The van der Waals surface area contributed by atoms with E-state index in [1.165, 1.54) is 0 Å². The molecule has 0 aromatic heterocycles. The molecule has 0 saturated carbocycles. The van der Waals surface area contributed by atoms with Gasteiger partial charge in [-0.2, -0.15) is 5.26 Å². The van der Waals surface area contributed by atoms with Gasteiger partial charge in [0.25, 0.3) is 0 Å². The van der Waals surface area contributed by atoms with E-state index in [0.29, 0.717) is 5.88 Å². The van der Waals surface area contributed by atoms with Crippen LogP contribution in [-0.4, -0.2) is 23.9 Å². The summed E-state index contributed by atoms with van der Waals surface area (Å²) in [7, 11) is 0. The molecule has 0 amide bonds. The van der Waals surface area contributed by atoms with E-state index in [-0.39, 0.29) is 6.10 Å². The lowest BCUT2D eigenvalue weighted by atomic mass is 10.2. The third-order valence-corrected chi connectivity index (χ3v) is 1.77. The summed E-state index contributed by atoms with van der Waals surface area (Å²) in [6.45, 7) is 3.54. The summed E-state index contributed by atoms with van der Waals surface area (Å²) in [5.74, 6) is -0.373. The van der Waals surface area contributed by atoms with E-state index in [2.05, 4.69) is 0 Å². The molecule has 0 N–H and O–H groups in total. The maximum atomic E-state index is 8.59. The predicted molar refractivity (Wildman–Crippen MR) is 40.2 cm³/mol. The monoisotopic (exact) mass is 175 g/mol.